The number of aromatic carboxylic acids is 1. The van der Waals surface area contributed by atoms with Gasteiger partial charge in [0.25, 0.3) is 5.91 Å². The molecule has 2 rings (SSSR count). The van der Waals surface area contributed by atoms with Crippen LogP contribution in [0.4, 0.5) is 5.69 Å². The average molecular weight is 460 g/mol. The number of carbonyl (C=O) groups is 4. The van der Waals surface area contributed by atoms with E-state index in [2.05, 4.69) is 10.6 Å². The third-order valence-electron chi connectivity index (χ3n) is 4.59. The second kappa shape index (κ2) is 11.4. The summed E-state index contributed by atoms with van der Waals surface area (Å²) in [6.07, 6.45) is -0.546. The minimum absolute atomic E-state index is 0.0335. The van der Waals surface area contributed by atoms with Crippen molar-refractivity contribution in [3.05, 3.63) is 47.5 Å². The summed E-state index contributed by atoms with van der Waals surface area (Å²) in [5.74, 6) is -2.85. The molecule has 0 heterocycles. The predicted molar refractivity (Wildman–Crippen MR) is 116 cm³/mol. The SMILES string of the molecule is COc1cc(C(=O)N[C@H](CCC(=O)O)C(=O)Nc2ccc(C(=O)O)cc2)cc(OC)c1OC. The minimum Gasteiger partial charge on any atom is -0.493 e. The molecule has 4 N–H and O–H groups in total. The number of methoxy groups -OCH3 is 3. The zero-order chi connectivity index (χ0) is 24.5. The van der Waals surface area contributed by atoms with Crippen molar-refractivity contribution >= 4 is 29.4 Å². The Morgan fingerprint density at radius 2 is 1.45 bits per heavy atom. The zero-order valence-electron chi connectivity index (χ0n) is 18.2. The highest BCUT2D eigenvalue weighted by Gasteiger charge is 2.24. The summed E-state index contributed by atoms with van der Waals surface area (Å²) in [4.78, 5) is 47.6. The van der Waals surface area contributed by atoms with E-state index in [0.29, 0.717) is 0 Å². The van der Waals surface area contributed by atoms with E-state index in [0.717, 1.165) is 0 Å². The Morgan fingerprint density at radius 1 is 0.879 bits per heavy atom. The molecule has 1 atom stereocenters. The maximum atomic E-state index is 12.9. The van der Waals surface area contributed by atoms with Crippen LogP contribution in [0, 0.1) is 0 Å². The van der Waals surface area contributed by atoms with Gasteiger partial charge in [0.05, 0.1) is 26.9 Å². The highest BCUT2D eigenvalue weighted by Crippen LogP contribution is 2.38. The lowest BCUT2D eigenvalue weighted by molar-refractivity contribution is -0.137. The van der Waals surface area contributed by atoms with Crippen molar-refractivity contribution in [2.24, 2.45) is 0 Å². The molecule has 0 aliphatic heterocycles. The molecular formula is C22H24N2O9. The molecule has 0 bridgehead atoms. The van der Waals surface area contributed by atoms with Crippen LogP contribution >= 0.6 is 0 Å². The number of carboxylic acid groups (broad SMARTS) is 2. The summed E-state index contributed by atoms with van der Waals surface area (Å²) in [5, 5.41) is 23.0. The number of amides is 2. The molecule has 0 aliphatic carbocycles. The van der Waals surface area contributed by atoms with E-state index in [9.17, 15) is 19.2 Å². The number of aliphatic carboxylic acids is 1. The number of ether oxygens (including phenoxy) is 3. The number of benzene rings is 2. The first kappa shape index (κ1) is 25.0. The smallest absolute Gasteiger partial charge is 0.335 e. The number of rotatable bonds is 11. The molecule has 2 aromatic rings. The van der Waals surface area contributed by atoms with Crippen LogP contribution in [0.5, 0.6) is 17.2 Å². The number of carbonyl (C=O) groups excluding carboxylic acids is 2. The normalized spacial score (nSPS) is 11.1. The Balaban J connectivity index is 2.24. The summed E-state index contributed by atoms with van der Waals surface area (Å²) in [5.41, 5.74) is 0.418. The lowest BCUT2D eigenvalue weighted by Gasteiger charge is -2.19. The van der Waals surface area contributed by atoms with Gasteiger partial charge in [-0.3, -0.25) is 14.4 Å². The summed E-state index contributed by atoms with van der Waals surface area (Å²) in [6, 6.07) is 6.98. The van der Waals surface area contributed by atoms with Crippen LogP contribution in [0.2, 0.25) is 0 Å². The Labute approximate surface area is 189 Å². The first-order valence-corrected chi connectivity index (χ1v) is 9.67. The topological polar surface area (TPSA) is 160 Å². The minimum atomic E-state index is -1.19. The van der Waals surface area contributed by atoms with Crippen LogP contribution in [0.25, 0.3) is 0 Å². The molecule has 0 saturated heterocycles. The van der Waals surface area contributed by atoms with E-state index in [1.54, 1.807) is 0 Å². The van der Waals surface area contributed by atoms with E-state index in [-0.39, 0.29) is 46.9 Å². The van der Waals surface area contributed by atoms with Crippen LogP contribution in [-0.2, 0) is 9.59 Å². The third kappa shape index (κ3) is 6.60. The molecule has 33 heavy (non-hydrogen) atoms. The molecule has 0 aromatic heterocycles. The quantitative estimate of drug-likeness (QED) is 0.393. The molecule has 0 radical (unpaired) electrons. The molecule has 0 fully saturated rings. The van der Waals surface area contributed by atoms with Crippen molar-refractivity contribution in [1.29, 1.82) is 0 Å². The first-order chi connectivity index (χ1) is 15.7. The first-order valence-electron chi connectivity index (χ1n) is 9.67. The van der Waals surface area contributed by atoms with Crippen LogP contribution in [0.1, 0.15) is 33.6 Å². The zero-order valence-corrected chi connectivity index (χ0v) is 18.2. The van der Waals surface area contributed by atoms with Gasteiger partial charge in [-0.2, -0.15) is 0 Å². The van der Waals surface area contributed by atoms with Crippen molar-refractivity contribution < 1.29 is 43.6 Å². The van der Waals surface area contributed by atoms with Gasteiger partial charge in [0.15, 0.2) is 11.5 Å². The van der Waals surface area contributed by atoms with Gasteiger partial charge < -0.3 is 35.1 Å². The molecule has 0 aliphatic rings. The van der Waals surface area contributed by atoms with Gasteiger partial charge in [0.2, 0.25) is 11.7 Å². The molecule has 2 amide bonds. The van der Waals surface area contributed by atoms with Gasteiger partial charge in [-0.1, -0.05) is 0 Å². The summed E-state index contributed by atoms with van der Waals surface area (Å²) >= 11 is 0. The molecule has 11 heteroatoms. The summed E-state index contributed by atoms with van der Waals surface area (Å²) in [7, 11) is 4.19. The third-order valence-corrected chi connectivity index (χ3v) is 4.59. The van der Waals surface area contributed by atoms with Crippen LogP contribution < -0.4 is 24.8 Å². The summed E-state index contributed by atoms with van der Waals surface area (Å²) in [6.45, 7) is 0. The molecule has 0 unspecified atom stereocenters. The Kier molecular flexibility index (Phi) is 8.61. The fourth-order valence-electron chi connectivity index (χ4n) is 2.92. The van der Waals surface area contributed by atoms with Crippen molar-refractivity contribution in [2.75, 3.05) is 26.6 Å². The van der Waals surface area contributed by atoms with Crippen molar-refractivity contribution in [1.82, 2.24) is 5.32 Å². The second-order valence-corrected chi connectivity index (χ2v) is 6.74. The van der Waals surface area contributed by atoms with Crippen LogP contribution in [-0.4, -0.2) is 61.3 Å². The van der Waals surface area contributed by atoms with Gasteiger partial charge in [-0.05, 0) is 42.8 Å². The lowest BCUT2D eigenvalue weighted by Crippen LogP contribution is -2.44. The van der Waals surface area contributed by atoms with Crippen molar-refractivity contribution in [3.63, 3.8) is 0 Å². The van der Waals surface area contributed by atoms with Gasteiger partial charge in [0, 0.05) is 17.7 Å². The fourth-order valence-corrected chi connectivity index (χ4v) is 2.92. The molecule has 2 aromatic carbocycles. The van der Waals surface area contributed by atoms with Gasteiger partial charge >= 0.3 is 11.9 Å². The Bertz CT molecular complexity index is 1010. The Hall–Kier alpha value is -4.28. The Morgan fingerprint density at radius 3 is 1.91 bits per heavy atom. The number of carboxylic acids is 2. The summed E-state index contributed by atoms with van der Waals surface area (Å²) < 4.78 is 15.7. The van der Waals surface area contributed by atoms with Crippen LogP contribution in [0.3, 0.4) is 0 Å². The lowest BCUT2D eigenvalue weighted by atomic mass is 10.1. The number of hydrogen-bond donors (Lipinski definition) is 4. The van der Waals surface area contributed by atoms with Gasteiger partial charge in [-0.15, -0.1) is 0 Å². The maximum Gasteiger partial charge on any atom is 0.335 e. The van der Waals surface area contributed by atoms with Crippen molar-refractivity contribution in [3.8, 4) is 17.2 Å². The van der Waals surface area contributed by atoms with E-state index in [4.69, 9.17) is 24.4 Å². The predicted octanol–water partition coefficient (Wildman–Crippen LogP) is 2.01. The van der Waals surface area contributed by atoms with Gasteiger partial charge in [0.1, 0.15) is 6.04 Å². The highest BCUT2D eigenvalue weighted by molar-refractivity contribution is 6.02. The number of hydrogen-bond acceptors (Lipinski definition) is 7. The fraction of sp³-hybridized carbons (Fsp3) is 0.273. The van der Waals surface area contributed by atoms with Gasteiger partial charge in [-0.25, -0.2) is 4.79 Å². The maximum absolute atomic E-state index is 12.9. The molecule has 176 valence electrons. The number of nitrogens with one attached hydrogen (secondary N) is 2. The number of anilines is 1. The molecule has 11 nitrogen and oxygen atoms in total. The van der Waals surface area contributed by atoms with E-state index in [1.807, 2.05) is 0 Å². The second-order valence-electron chi connectivity index (χ2n) is 6.74. The van der Waals surface area contributed by atoms with E-state index < -0.39 is 29.8 Å². The average Bonchev–Trinajstić information content (AvgIpc) is 2.80. The largest absolute Gasteiger partial charge is 0.493 e. The van der Waals surface area contributed by atoms with Crippen molar-refractivity contribution in [2.45, 2.75) is 18.9 Å². The standard InChI is InChI=1S/C22H24N2O9/c1-31-16-10-13(11-17(32-2)19(16)33-3)20(27)24-15(8-9-18(25)26)21(28)23-14-6-4-12(5-7-14)22(29)30/h4-7,10-11,15H,8-9H2,1-3H3,(H,23,28)(H,24,27)(H,25,26)(H,29,30)/t15-/m1/s1. The highest BCUT2D eigenvalue weighted by atomic mass is 16.5. The van der Waals surface area contributed by atoms with Crippen LogP contribution in [0.15, 0.2) is 36.4 Å². The van der Waals surface area contributed by atoms with E-state index >= 15 is 0 Å². The monoisotopic (exact) mass is 460 g/mol. The van der Waals surface area contributed by atoms with E-state index in [1.165, 1.54) is 57.7 Å². The molecule has 0 spiro atoms. The molecule has 0 saturated carbocycles. The molecular weight excluding hydrogens is 436 g/mol.